The molecule has 0 amide bonds. The lowest BCUT2D eigenvalue weighted by atomic mass is 10.0. The minimum absolute atomic E-state index is 1.17. The Morgan fingerprint density at radius 3 is 1.42 bits per heavy atom. The molecule has 0 aromatic rings. The summed E-state index contributed by atoms with van der Waals surface area (Å²) >= 11 is 0. The minimum atomic E-state index is 1.17. The van der Waals surface area contributed by atoms with Gasteiger partial charge in [-0.3, -0.25) is 0 Å². The van der Waals surface area contributed by atoms with Gasteiger partial charge in [-0.2, -0.15) is 0 Å². The zero-order chi connectivity index (χ0) is 15.5. The van der Waals surface area contributed by atoms with Gasteiger partial charge < -0.3 is 0 Å². The molecule has 0 rings (SSSR count). The van der Waals surface area contributed by atoms with Gasteiger partial charge in [-0.25, -0.2) is 0 Å². The van der Waals surface area contributed by atoms with Crippen molar-refractivity contribution in [1.29, 1.82) is 0 Å². The highest BCUT2D eigenvalue weighted by Crippen LogP contribution is 2.14. The smallest absolute Gasteiger partial charge is 0.0188 e. The van der Waals surface area contributed by atoms with Crippen molar-refractivity contribution in [3.63, 3.8) is 0 Å². The molecule has 0 aliphatic rings. The summed E-state index contributed by atoms with van der Waals surface area (Å²) in [4.78, 5) is 0. The summed E-state index contributed by atoms with van der Waals surface area (Å²) in [6, 6.07) is 0. The van der Waals surface area contributed by atoms with Gasteiger partial charge in [0.05, 0.1) is 0 Å². The molecule has 0 bridgehead atoms. The summed E-state index contributed by atoms with van der Waals surface area (Å²) in [5.41, 5.74) is 2.36. The molecule has 19 heavy (non-hydrogen) atoms. The van der Waals surface area contributed by atoms with Crippen LogP contribution in [0.1, 0.15) is 48.5 Å². The van der Waals surface area contributed by atoms with Gasteiger partial charge in [0, 0.05) is 0 Å². The van der Waals surface area contributed by atoms with Crippen LogP contribution in [-0.2, 0) is 0 Å². The molecule has 0 unspecified atom stereocenters. The molecule has 0 aliphatic heterocycles. The Balaban J connectivity index is -0.000000579. The van der Waals surface area contributed by atoms with Crippen molar-refractivity contribution in [3.8, 4) is 0 Å². The summed E-state index contributed by atoms with van der Waals surface area (Å²) < 4.78 is 0. The van der Waals surface area contributed by atoms with Crippen molar-refractivity contribution in [2.45, 2.75) is 48.5 Å². The zero-order valence-electron chi connectivity index (χ0n) is 13.9. The summed E-state index contributed by atoms with van der Waals surface area (Å²) in [6.07, 6.45) is 18.2. The van der Waals surface area contributed by atoms with E-state index in [-0.39, 0.29) is 0 Å². The molecule has 0 aromatic carbocycles. The third-order valence-electron chi connectivity index (χ3n) is 1.79. The molecule has 0 N–H and O–H groups in total. The maximum absolute atomic E-state index is 3.73. The van der Waals surface area contributed by atoms with Gasteiger partial charge in [-0.15, -0.1) is 0 Å². The van der Waals surface area contributed by atoms with Crippen LogP contribution in [0.4, 0.5) is 0 Å². The summed E-state index contributed by atoms with van der Waals surface area (Å²) in [6.45, 7) is 17.8. The summed E-state index contributed by atoms with van der Waals surface area (Å²) in [7, 11) is 0. The molecular formula is C19H32. The first-order valence-electron chi connectivity index (χ1n) is 7.21. The lowest BCUT2D eigenvalue weighted by Gasteiger charge is -2.01. The molecule has 0 aliphatic carbocycles. The second kappa shape index (κ2) is 21.7. The second-order valence-electron chi connectivity index (χ2n) is 3.01. The van der Waals surface area contributed by atoms with E-state index in [0.29, 0.717) is 0 Å². The maximum atomic E-state index is 3.73. The van der Waals surface area contributed by atoms with Crippen molar-refractivity contribution in [2.24, 2.45) is 0 Å². The van der Waals surface area contributed by atoms with Gasteiger partial charge in [-0.1, -0.05) is 89.0 Å². The molecule has 0 radical (unpaired) electrons. The van der Waals surface area contributed by atoms with Gasteiger partial charge in [0.1, 0.15) is 0 Å². The highest BCUT2D eigenvalue weighted by atomic mass is 14.0. The van der Waals surface area contributed by atoms with Crippen LogP contribution in [0.25, 0.3) is 0 Å². The Hall–Kier alpha value is -1.56. The number of hydrogen-bond acceptors (Lipinski definition) is 0. The summed E-state index contributed by atoms with van der Waals surface area (Å²) in [5.74, 6) is 0. The first kappa shape index (κ1) is 22.6. The van der Waals surface area contributed by atoms with Crippen molar-refractivity contribution < 1.29 is 0 Å². The van der Waals surface area contributed by atoms with Crippen LogP contribution >= 0.6 is 0 Å². The largest absolute Gasteiger partial charge is 0.0990 e. The van der Waals surface area contributed by atoms with E-state index < -0.39 is 0 Å². The number of allylic oxidation sites excluding steroid dienone is 11. The molecule has 0 fully saturated rings. The third kappa shape index (κ3) is 14.4. The fourth-order valence-corrected chi connectivity index (χ4v) is 1.18. The van der Waals surface area contributed by atoms with E-state index in [2.05, 4.69) is 24.8 Å². The van der Waals surface area contributed by atoms with Crippen molar-refractivity contribution in [2.75, 3.05) is 0 Å². The molecule has 0 spiro atoms. The average Bonchev–Trinajstić information content (AvgIpc) is 2.47. The molecule has 0 heterocycles. The normalized spacial score (nSPS) is 12.2. The Morgan fingerprint density at radius 1 is 0.684 bits per heavy atom. The SMILES string of the molecule is C=C/C=C(\C=C/C)C(/C=C\C)=C/C=C\C.CC.CC. The van der Waals surface area contributed by atoms with E-state index in [1.54, 1.807) is 0 Å². The van der Waals surface area contributed by atoms with E-state index in [0.717, 1.165) is 0 Å². The van der Waals surface area contributed by atoms with Crippen LogP contribution in [0.2, 0.25) is 0 Å². The van der Waals surface area contributed by atoms with Gasteiger partial charge in [-0.05, 0) is 31.9 Å². The lowest BCUT2D eigenvalue weighted by Crippen LogP contribution is -1.82. The van der Waals surface area contributed by atoms with Crippen molar-refractivity contribution in [1.82, 2.24) is 0 Å². The predicted molar refractivity (Wildman–Crippen MR) is 93.5 cm³/mol. The Labute approximate surface area is 121 Å². The molecule has 0 saturated carbocycles. The minimum Gasteiger partial charge on any atom is -0.0990 e. The molecule has 0 aromatic heterocycles. The van der Waals surface area contributed by atoms with Gasteiger partial charge in [0.15, 0.2) is 0 Å². The fraction of sp³-hybridized carbons (Fsp3) is 0.368. The van der Waals surface area contributed by atoms with Gasteiger partial charge in [0.25, 0.3) is 0 Å². The second-order valence-corrected chi connectivity index (χ2v) is 3.01. The first-order valence-corrected chi connectivity index (χ1v) is 7.21. The fourth-order valence-electron chi connectivity index (χ4n) is 1.18. The van der Waals surface area contributed by atoms with Crippen LogP contribution < -0.4 is 0 Å². The van der Waals surface area contributed by atoms with E-state index >= 15 is 0 Å². The highest BCUT2D eigenvalue weighted by molar-refractivity contribution is 5.49. The summed E-state index contributed by atoms with van der Waals surface area (Å²) in [5, 5.41) is 0. The molecule has 0 heteroatoms. The molecular weight excluding hydrogens is 228 g/mol. The molecule has 108 valence electrons. The van der Waals surface area contributed by atoms with Crippen molar-refractivity contribution in [3.05, 3.63) is 72.4 Å². The Morgan fingerprint density at radius 2 is 1.11 bits per heavy atom. The lowest BCUT2D eigenvalue weighted by molar-refractivity contribution is 1.50. The average molecular weight is 260 g/mol. The number of hydrogen-bond donors (Lipinski definition) is 0. The standard InChI is InChI=1S/C15H20.2C2H6/c1-5-9-13-15(12-8-4)14(10-6-2)11-7-3;2*1-2/h5-13H,2H2,1,3-4H3;2*1-2H3/b9-5-,11-7-,12-8-,14-10+,15-13+;;. The molecule has 0 nitrogen and oxygen atoms in total. The van der Waals surface area contributed by atoms with Crippen molar-refractivity contribution >= 4 is 0 Å². The van der Waals surface area contributed by atoms with Gasteiger partial charge in [0.2, 0.25) is 0 Å². The van der Waals surface area contributed by atoms with Gasteiger partial charge >= 0.3 is 0 Å². The maximum Gasteiger partial charge on any atom is -0.0188 e. The van der Waals surface area contributed by atoms with E-state index in [1.807, 2.05) is 84.9 Å². The van der Waals surface area contributed by atoms with E-state index in [4.69, 9.17) is 0 Å². The molecule has 0 atom stereocenters. The van der Waals surface area contributed by atoms with Crippen LogP contribution in [0.15, 0.2) is 72.4 Å². The predicted octanol–water partition coefficient (Wildman–Crippen LogP) is 6.81. The first-order chi connectivity index (χ1) is 9.29. The van der Waals surface area contributed by atoms with E-state index in [1.165, 1.54) is 11.1 Å². The van der Waals surface area contributed by atoms with Crippen LogP contribution in [0.5, 0.6) is 0 Å². The number of rotatable bonds is 5. The zero-order valence-corrected chi connectivity index (χ0v) is 13.9. The third-order valence-corrected chi connectivity index (χ3v) is 1.79. The monoisotopic (exact) mass is 260 g/mol. The van der Waals surface area contributed by atoms with Crippen LogP contribution in [-0.4, -0.2) is 0 Å². The highest BCUT2D eigenvalue weighted by Gasteiger charge is 1.94. The Bertz CT molecular complexity index is 320. The van der Waals surface area contributed by atoms with E-state index in [9.17, 15) is 0 Å². The van der Waals surface area contributed by atoms with Crippen LogP contribution in [0.3, 0.4) is 0 Å². The topological polar surface area (TPSA) is 0 Å². The quantitative estimate of drug-likeness (QED) is 0.476. The molecule has 0 saturated heterocycles. The van der Waals surface area contributed by atoms with Crippen LogP contribution in [0, 0.1) is 0 Å². The Kier molecular flexibility index (Phi) is 25.8.